The van der Waals surface area contributed by atoms with Crippen molar-refractivity contribution in [2.75, 3.05) is 11.9 Å². The van der Waals surface area contributed by atoms with Crippen molar-refractivity contribution >= 4 is 23.7 Å². The molecule has 7 heteroatoms. The third-order valence-electron chi connectivity index (χ3n) is 5.98. The Morgan fingerprint density at radius 1 is 0.971 bits per heavy atom. The van der Waals surface area contributed by atoms with Crippen LogP contribution in [-0.2, 0) is 9.53 Å². The first-order valence-corrected chi connectivity index (χ1v) is 11.3. The highest BCUT2D eigenvalue weighted by atomic mass is 16.5. The summed E-state index contributed by atoms with van der Waals surface area (Å²) in [6, 6.07) is 21.4. The van der Waals surface area contributed by atoms with Crippen molar-refractivity contribution in [1.29, 1.82) is 0 Å². The minimum Gasteiger partial charge on any atom is -0.480 e. The van der Waals surface area contributed by atoms with Gasteiger partial charge in [-0.1, -0.05) is 60.7 Å². The number of fused-ring (bicyclic) bond motifs is 3. The van der Waals surface area contributed by atoms with Crippen LogP contribution in [0.3, 0.4) is 0 Å². The van der Waals surface area contributed by atoms with E-state index in [4.69, 9.17) is 4.74 Å². The third kappa shape index (κ3) is 5.41. The summed E-state index contributed by atoms with van der Waals surface area (Å²) in [7, 11) is 0. The van der Waals surface area contributed by atoms with Gasteiger partial charge in [-0.15, -0.1) is 6.58 Å². The highest BCUT2D eigenvalue weighted by Crippen LogP contribution is 2.44. The SMILES string of the molecule is C=CCCC(NC(=O)c1cccc(NC(=O)OCC2c3ccccc3-c3ccccc32)c1)C(=O)O. The van der Waals surface area contributed by atoms with Gasteiger partial charge in [-0.25, -0.2) is 9.59 Å². The smallest absolute Gasteiger partial charge is 0.411 e. The number of carbonyl (C=O) groups is 3. The number of rotatable bonds is 9. The highest BCUT2D eigenvalue weighted by Gasteiger charge is 2.29. The summed E-state index contributed by atoms with van der Waals surface area (Å²) < 4.78 is 5.55. The first-order chi connectivity index (χ1) is 17.0. The molecule has 1 unspecified atom stereocenters. The number of anilines is 1. The molecule has 0 saturated carbocycles. The van der Waals surface area contributed by atoms with Crippen LogP contribution in [0.5, 0.6) is 0 Å². The largest absolute Gasteiger partial charge is 0.480 e. The number of ether oxygens (including phenoxy) is 1. The summed E-state index contributed by atoms with van der Waals surface area (Å²) in [5.41, 5.74) is 5.11. The van der Waals surface area contributed by atoms with Gasteiger partial charge in [0, 0.05) is 17.2 Å². The molecule has 7 nitrogen and oxygen atoms in total. The molecule has 0 aliphatic heterocycles. The average molecular weight is 471 g/mol. The van der Waals surface area contributed by atoms with Crippen molar-refractivity contribution in [2.24, 2.45) is 0 Å². The summed E-state index contributed by atoms with van der Waals surface area (Å²) >= 11 is 0. The molecular weight excluding hydrogens is 444 g/mol. The third-order valence-corrected chi connectivity index (χ3v) is 5.98. The Morgan fingerprint density at radius 3 is 2.26 bits per heavy atom. The maximum absolute atomic E-state index is 12.5. The lowest BCUT2D eigenvalue weighted by molar-refractivity contribution is -0.139. The van der Waals surface area contributed by atoms with E-state index in [1.807, 2.05) is 36.4 Å². The fraction of sp³-hybridized carbons (Fsp3) is 0.179. The van der Waals surface area contributed by atoms with Crippen LogP contribution in [-0.4, -0.2) is 35.7 Å². The van der Waals surface area contributed by atoms with E-state index in [9.17, 15) is 19.5 Å². The number of amides is 2. The Labute approximate surface area is 203 Å². The topological polar surface area (TPSA) is 105 Å². The molecule has 2 amide bonds. The minimum atomic E-state index is -1.12. The number of hydrogen-bond donors (Lipinski definition) is 3. The maximum atomic E-state index is 12.5. The van der Waals surface area contributed by atoms with Crippen LogP contribution in [0.25, 0.3) is 11.1 Å². The Hall–Kier alpha value is -4.39. The number of carbonyl (C=O) groups excluding carboxylic acids is 2. The number of hydrogen-bond acceptors (Lipinski definition) is 4. The van der Waals surface area contributed by atoms with Gasteiger partial charge in [-0.05, 0) is 53.3 Å². The summed E-state index contributed by atoms with van der Waals surface area (Å²) in [6.07, 6.45) is 1.66. The molecular formula is C28H26N2O5. The van der Waals surface area contributed by atoms with Crippen molar-refractivity contribution < 1.29 is 24.2 Å². The number of allylic oxidation sites excluding steroid dienone is 1. The normalized spacial score (nSPS) is 12.7. The molecule has 3 aromatic rings. The standard InChI is InChI=1S/C28H26N2O5/c1-2-3-15-25(27(32)33)30-26(31)18-9-8-10-19(16-18)29-28(34)35-17-24-22-13-6-4-11-20(22)21-12-5-7-14-23(21)24/h2,4-14,16,24-25H,1,3,15,17H2,(H,29,34)(H,30,31)(H,32,33). The lowest BCUT2D eigenvalue weighted by Gasteiger charge is -2.15. The molecule has 3 N–H and O–H groups in total. The van der Waals surface area contributed by atoms with Crippen molar-refractivity contribution in [3.8, 4) is 11.1 Å². The zero-order chi connectivity index (χ0) is 24.8. The van der Waals surface area contributed by atoms with Gasteiger partial charge >= 0.3 is 12.1 Å². The van der Waals surface area contributed by atoms with E-state index in [1.165, 1.54) is 6.07 Å². The zero-order valence-corrected chi connectivity index (χ0v) is 19.1. The van der Waals surface area contributed by atoms with Crippen molar-refractivity contribution in [3.63, 3.8) is 0 Å². The van der Waals surface area contributed by atoms with E-state index in [0.717, 1.165) is 22.3 Å². The molecule has 0 heterocycles. The van der Waals surface area contributed by atoms with Crippen LogP contribution in [0.15, 0.2) is 85.5 Å². The van der Waals surface area contributed by atoms with E-state index >= 15 is 0 Å². The zero-order valence-electron chi connectivity index (χ0n) is 19.1. The number of benzene rings is 3. The molecule has 3 aromatic carbocycles. The Kier molecular flexibility index (Phi) is 7.26. The number of aliphatic carboxylic acids is 1. The second-order valence-electron chi connectivity index (χ2n) is 8.26. The molecule has 0 aromatic heterocycles. The van der Waals surface area contributed by atoms with Crippen LogP contribution in [0.2, 0.25) is 0 Å². The van der Waals surface area contributed by atoms with Gasteiger partial charge in [0.05, 0.1) is 0 Å². The second-order valence-corrected chi connectivity index (χ2v) is 8.26. The van der Waals surface area contributed by atoms with Crippen LogP contribution < -0.4 is 10.6 Å². The van der Waals surface area contributed by atoms with Gasteiger partial charge in [0.1, 0.15) is 12.6 Å². The molecule has 1 aliphatic carbocycles. The van der Waals surface area contributed by atoms with Gasteiger partial charge < -0.3 is 15.2 Å². The molecule has 178 valence electrons. The van der Waals surface area contributed by atoms with Gasteiger partial charge in [-0.3, -0.25) is 10.1 Å². The summed E-state index contributed by atoms with van der Waals surface area (Å²) in [6.45, 7) is 3.74. The Bertz CT molecular complexity index is 1220. The van der Waals surface area contributed by atoms with E-state index in [2.05, 4.69) is 29.3 Å². The average Bonchev–Trinajstić information content (AvgIpc) is 3.19. The maximum Gasteiger partial charge on any atom is 0.411 e. The lowest BCUT2D eigenvalue weighted by Crippen LogP contribution is -2.40. The van der Waals surface area contributed by atoms with Gasteiger partial charge in [0.25, 0.3) is 5.91 Å². The van der Waals surface area contributed by atoms with Gasteiger partial charge in [0.2, 0.25) is 0 Å². The first kappa shape index (κ1) is 23.8. The van der Waals surface area contributed by atoms with Crippen LogP contribution >= 0.6 is 0 Å². The van der Waals surface area contributed by atoms with E-state index < -0.39 is 24.0 Å². The van der Waals surface area contributed by atoms with Crippen LogP contribution in [0.4, 0.5) is 10.5 Å². The molecule has 1 aliphatic rings. The van der Waals surface area contributed by atoms with E-state index in [-0.39, 0.29) is 24.5 Å². The molecule has 0 saturated heterocycles. The predicted molar refractivity (Wildman–Crippen MR) is 133 cm³/mol. The van der Waals surface area contributed by atoms with Crippen molar-refractivity contribution in [3.05, 3.63) is 102 Å². The van der Waals surface area contributed by atoms with Crippen LogP contribution in [0.1, 0.15) is 40.2 Å². The molecule has 35 heavy (non-hydrogen) atoms. The first-order valence-electron chi connectivity index (χ1n) is 11.3. The lowest BCUT2D eigenvalue weighted by atomic mass is 9.98. The van der Waals surface area contributed by atoms with Crippen molar-refractivity contribution in [2.45, 2.75) is 24.8 Å². The van der Waals surface area contributed by atoms with Gasteiger partial charge in [0.15, 0.2) is 0 Å². The van der Waals surface area contributed by atoms with Gasteiger partial charge in [-0.2, -0.15) is 0 Å². The molecule has 0 radical (unpaired) electrons. The Morgan fingerprint density at radius 2 is 1.63 bits per heavy atom. The van der Waals surface area contributed by atoms with E-state index in [1.54, 1.807) is 24.3 Å². The predicted octanol–water partition coefficient (Wildman–Crippen LogP) is 5.20. The molecule has 1 atom stereocenters. The molecule has 4 rings (SSSR count). The fourth-order valence-electron chi connectivity index (χ4n) is 4.27. The number of carboxylic acid groups (broad SMARTS) is 1. The van der Waals surface area contributed by atoms with Crippen LogP contribution in [0, 0.1) is 0 Å². The monoisotopic (exact) mass is 470 g/mol. The summed E-state index contributed by atoms with van der Waals surface area (Å²) in [5.74, 6) is -1.72. The minimum absolute atomic E-state index is 0.0613. The second kappa shape index (κ2) is 10.7. The molecule has 0 bridgehead atoms. The summed E-state index contributed by atoms with van der Waals surface area (Å²) in [5, 5.41) is 14.5. The van der Waals surface area contributed by atoms with E-state index in [0.29, 0.717) is 12.1 Å². The summed E-state index contributed by atoms with van der Waals surface area (Å²) in [4.78, 5) is 36.5. The fourth-order valence-corrected chi connectivity index (χ4v) is 4.27. The highest BCUT2D eigenvalue weighted by molar-refractivity contribution is 5.98. The number of carboxylic acids is 1. The quantitative estimate of drug-likeness (QED) is 0.373. The Balaban J connectivity index is 1.39. The molecule has 0 spiro atoms. The number of nitrogens with one attached hydrogen (secondary N) is 2. The van der Waals surface area contributed by atoms with Crippen molar-refractivity contribution in [1.82, 2.24) is 5.32 Å². The molecule has 0 fully saturated rings.